The molecule has 0 unspecified atom stereocenters. The van der Waals surface area contributed by atoms with Crippen molar-refractivity contribution in [2.45, 2.75) is 0 Å². The molecule has 1 rings (SSSR count). The van der Waals surface area contributed by atoms with Crippen LogP contribution in [-0.4, -0.2) is 55.3 Å². The number of nitrogens with zero attached hydrogens (tertiary/aromatic N) is 1. The van der Waals surface area contributed by atoms with Gasteiger partial charge in [-0.3, -0.25) is 0 Å². The van der Waals surface area contributed by atoms with Gasteiger partial charge in [-0.05, 0) is 5.92 Å². The molecule has 0 spiro atoms. The summed E-state index contributed by atoms with van der Waals surface area (Å²) in [6.07, 6.45) is 0. The van der Waals surface area contributed by atoms with Crippen LogP contribution in [0.2, 0.25) is 0 Å². The molecule has 0 radical (unpaired) electrons. The smallest absolute Gasteiger partial charge is 0.382 e. The van der Waals surface area contributed by atoms with Crippen LogP contribution in [0.4, 0.5) is 0 Å². The number of nitrogens with one attached hydrogen (secondary N) is 1. The average molecular weight is 183 g/mol. The second kappa shape index (κ2) is 4.26. The van der Waals surface area contributed by atoms with Gasteiger partial charge in [0.1, 0.15) is 6.54 Å². The SMILES string of the molecule is C[N+]1(CC#CC(=O)O)CCNCC1. The van der Waals surface area contributed by atoms with Crippen molar-refractivity contribution in [3.8, 4) is 11.8 Å². The molecule has 0 atom stereocenters. The van der Waals surface area contributed by atoms with Gasteiger partial charge in [-0.2, -0.15) is 0 Å². The van der Waals surface area contributed by atoms with E-state index in [9.17, 15) is 4.79 Å². The Bertz CT molecular complexity index is 246. The number of piperazine rings is 1. The van der Waals surface area contributed by atoms with Gasteiger partial charge in [0.15, 0.2) is 0 Å². The molecule has 1 aliphatic rings. The molecule has 0 bridgehead atoms. The van der Waals surface area contributed by atoms with Crippen LogP contribution in [0.5, 0.6) is 0 Å². The van der Waals surface area contributed by atoms with Gasteiger partial charge in [-0.1, -0.05) is 0 Å². The number of hydrogen-bond donors (Lipinski definition) is 2. The predicted octanol–water partition coefficient (Wildman–Crippen LogP) is -0.876. The van der Waals surface area contributed by atoms with Crippen molar-refractivity contribution in [2.24, 2.45) is 0 Å². The largest absolute Gasteiger partial charge is 0.472 e. The minimum atomic E-state index is -1.04. The lowest BCUT2D eigenvalue weighted by Gasteiger charge is -2.36. The quantitative estimate of drug-likeness (QED) is 0.410. The highest BCUT2D eigenvalue weighted by Crippen LogP contribution is 2.02. The van der Waals surface area contributed by atoms with E-state index in [0.717, 1.165) is 30.7 Å². The second-order valence-electron chi connectivity index (χ2n) is 3.58. The minimum Gasteiger partial charge on any atom is -0.472 e. The summed E-state index contributed by atoms with van der Waals surface area (Å²) >= 11 is 0. The Hall–Kier alpha value is -1.05. The molecule has 0 aromatic carbocycles. The fourth-order valence-corrected chi connectivity index (χ4v) is 1.40. The first kappa shape index (κ1) is 10.0. The molecule has 1 fully saturated rings. The van der Waals surface area contributed by atoms with Crippen molar-refractivity contribution in [1.29, 1.82) is 0 Å². The Kier molecular flexibility index (Phi) is 3.29. The molecular weight excluding hydrogens is 168 g/mol. The van der Waals surface area contributed by atoms with Crippen LogP contribution in [0.15, 0.2) is 0 Å². The van der Waals surface area contributed by atoms with Crippen molar-refractivity contribution in [3.63, 3.8) is 0 Å². The Balaban J connectivity index is 2.43. The van der Waals surface area contributed by atoms with Gasteiger partial charge in [0.05, 0.1) is 20.1 Å². The molecule has 0 aromatic heterocycles. The van der Waals surface area contributed by atoms with E-state index in [-0.39, 0.29) is 0 Å². The summed E-state index contributed by atoms with van der Waals surface area (Å²) in [6.45, 7) is 4.66. The van der Waals surface area contributed by atoms with Crippen molar-refractivity contribution < 1.29 is 14.4 Å². The standard InChI is InChI=1S/C9H14N2O2/c1-11(6-2-3-9(12)13)7-4-10-5-8-11/h10H,4-8H2,1H3/p+1. The molecule has 4 heteroatoms. The summed E-state index contributed by atoms with van der Waals surface area (Å²) in [4.78, 5) is 10.2. The number of likely N-dealkylation sites (N-methyl/N-ethyl adjacent to an activating group) is 1. The minimum absolute atomic E-state index is 0.633. The van der Waals surface area contributed by atoms with Gasteiger partial charge >= 0.3 is 5.97 Å². The number of carboxylic acids is 1. The molecule has 13 heavy (non-hydrogen) atoms. The van der Waals surface area contributed by atoms with Crippen LogP contribution in [-0.2, 0) is 4.79 Å². The molecule has 0 aliphatic carbocycles. The van der Waals surface area contributed by atoms with Crippen LogP contribution in [0, 0.1) is 11.8 Å². The van der Waals surface area contributed by atoms with E-state index in [1.807, 2.05) is 0 Å². The zero-order chi connectivity index (χ0) is 9.73. The molecule has 4 nitrogen and oxygen atoms in total. The van der Waals surface area contributed by atoms with E-state index < -0.39 is 5.97 Å². The van der Waals surface area contributed by atoms with E-state index in [4.69, 9.17) is 5.11 Å². The van der Waals surface area contributed by atoms with Gasteiger partial charge in [-0.25, -0.2) is 4.79 Å². The zero-order valence-corrected chi connectivity index (χ0v) is 7.84. The normalized spacial score (nSPS) is 20.1. The first-order valence-corrected chi connectivity index (χ1v) is 4.38. The van der Waals surface area contributed by atoms with E-state index >= 15 is 0 Å². The lowest BCUT2D eigenvalue weighted by atomic mass is 10.3. The van der Waals surface area contributed by atoms with Crippen LogP contribution in [0.25, 0.3) is 0 Å². The summed E-state index contributed by atoms with van der Waals surface area (Å²) in [5, 5.41) is 11.6. The highest BCUT2D eigenvalue weighted by Gasteiger charge is 2.22. The third kappa shape index (κ3) is 3.45. The summed E-state index contributed by atoms with van der Waals surface area (Å²) in [5.41, 5.74) is 0. The second-order valence-corrected chi connectivity index (χ2v) is 3.58. The average Bonchev–Trinajstić information content (AvgIpc) is 2.04. The number of hydrogen-bond acceptors (Lipinski definition) is 2. The van der Waals surface area contributed by atoms with E-state index in [1.54, 1.807) is 0 Å². The molecule has 2 N–H and O–H groups in total. The monoisotopic (exact) mass is 183 g/mol. The number of rotatable bonds is 1. The number of aliphatic carboxylic acids is 1. The fourth-order valence-electron chi connectivity index (χ4n) is 1.40. The highest BCUT2D eigenvalue weighted by molar-refractivity contribution is 5.86. The maximum atomic E-state index is 10.2. The zero-order valence-electron chi connectivity index (χ0n) is 7.84. The molecule has 0 saturated carbocycles. The highest BCUT2D eigenvalue weighted by atomic mass is 16.4. The molecule has 1 heterocycles. The number of carboxylic acid groups (broad SMARTS) is 1. The maximum Gasteiger partial charge on any atom is 0.382 e. The number of carbonyl (C=O) groups is 1. The van der Waals surface area contributed by atoms with Gasteiger partial charge in [0.25, 0.3) is 0 Å². The topological polar surface area (TPSA) is 49.3 Å². The van der Waals surface area contributed by atoms with Gasteiger partial charge in [0.2, 0.25) is 0 Å². The molecule has 1 saturated heterocycles. The summed E-state index contributed by atoms with van der Waals surface area (Å²) in [5.74, 6) is 3.80. The molecule has 0 aromatic rings. The molecule has 0 amide bonds. The van der Waals surface area contributed by atoms with Crippen molar-refractivity contribution in [2.75, 3.05) is 39.8 Å². The molecule has 72 valence electrons. The Morgan fingerprint density at radius 1 is 1.54 bits per heavy atom. The van der Waals surface area contributed by atoms with Gasteiger partial charge < -0.3 is 14.9 Å². The molecular formula is C9H15N2O2+. The van der Waals surface area contributed by atoms with Crippen LogP contribution < -0.4 is 5.32 Å². The Morgan fingerprint density at radius 2 is 2.15 bits per heavy atom. The Labute approximate surface area is 78.1 Å². The Morgan fingerprint density at radius 3 is 2.69 bits per heavy atom. The summed E-state index contributed by atoms with van der Waals surface area (Å²) in [6, 6.07) is 0. The molecule has 1 aliphatic heterocycles. The third-order valence-electron chi connectivity index (χ3n) is 2.31. The van der Waals surface area contributed by atoms with Gasteiger partial charge in [0, 0.05) is 19.0 Å². The van der Waals surface area contributed by atoms with Crippen LogP contribution in [0.1, 0.15) is 0 Å². The predicted molar refractivity (Wildman–Crippen MR) is 49.1 cm³/mol. The van der Waals surface area contributed by atoms with Gasteiger partial charge in [-0.15, -0.1) is 0 Å². The summed E-state index contributed by atoms with van der Waals surface area (Å²) in [7, 11) is 2.11. The van der Waals surface area contributed by atoms with E-state index in [0.29, 0.717) is 6.54 Å². The van der Waals surface area contributed by atoms with Crippen molar-refractivity contribution in [3.05, 3.63) is 0 Å². The van der Waals surface area contributed by atoms with Crippen molar-refractivity contribution in [1.82, 2.24) is 5.32 Å². The van der Waals surface area contributed by atoms with Crippen LogP contribution >= 0.6 is 0 Å². The first-order chi connectivity index (χ1) is 6.12. The lowest BCUT2D eigenvalue weighted by molar-refractivity contribution is -0.904. The summed E-state index contributed by atoms with van der Waals surface area (Å²) < 4.78 is 0.854. The van der Waals surface area contributed by atoms with E-state index in [2.05, 4.69) is 24.2 Å². The fraction of sp³-hybridized carbons (Fsp3) is 0.667. The third-order valence-corrected chi connectivity index (χ3v) is 2.31. The van der Waals surface area contributed by atoms with Crippen LogP contribution in [0.3, 0.4) is 0 Å². The first-order valence-electron chi connectivity index (χ1n) is 4.38. The van der Waals surface area contributed by atoms with Crippen molar-refractivity contribution >= 4 is 5.97 Å². The maximum absolute atomic E-state index is 10.2. The van der Waals surface area contributed by atoms with E-state index in [1.165, 1.54) is 0 Å². The number of quaternary nitrogens is 1. The lowest BCUT2D eigenvalue weighted by Crippen LogP contribution is -2.56.